The average Bonchev–Trinajstić information content (AvgIpc) is 2.48. The number of quaternary nitrogens is 1. The minimum Gasteiger partial charge on any atom is -1.00 e. The number of hydrogen-bond donors (Lipinski definition) is 2. The van der Waals surface area contributed by atoms with Crippen LogP contribution in [0.4, 0.5) is 0 Å². The first-order valence-corrected chi connectivity index (χ1v) is 9.36. The Kier molecular flexibility index (Phi) is 14.1. The molecule has 2 atom stereocenters. The quantitative estimate of drug-likeness (QED) is 0.534. The van der Waals surface area contributed by atoms with E-state index in [9.17, 15) is 4.79 Å². The molecule has 1 fully saturated rings. The van der Waals surface area contributed by atoms with Gasteiger partial charge < -0.3 is 23.5 Å². The number of hydrogen-bond acceptors (Lipinski definition) is 1. The summed E-state index contributed by atoms with van der Waals surface area (Å²) in [6, 6.07) is 0.760. The van der Waals surface area contributed by atoms with Crippen molar-refractivity contribution in [1.29, 1.82) is 0 Å². The molecule has 0 aromatic carbocycles. The molecule has 0 heterocycles. The SMILES string of the molecule is CCCCCCCCCCCC(=O)N[C@@H]1CCCC[C@H]1[NH3+].[Cl-]. The fraction of sp³-hybridized carbons (Fsp3) is 0.944. The molecule has 4 N–H and O–H groups in total. The topological polar surface area (TPSA) is 56.7 Å². The van der Waals surface area contributed by atoms with Crippen LogP contribution in [0.2, 0.25) is 0 Å². The van der Waals surface area contributed by atoms with Gasteiger partial charge >= 0.3 is 0 Å². The van der Waals surface area contributed by atoms with Crippen molar-refractivity contribution in [2.45, 2.75) is 109 Å². The average molecular weight is 333 g/mol. The van der Waals surface area contributed by atoms with Crippen LogP contribution >= 0.6 is 0 Å². The van der Waals surface area contributed by atoms with Crippen LogP contribution in [-0.4, -0.2) is 18.0 Å². The van der Waals surface area contributed by atoms with Crippen LogP contribution in [0.15, 0.2) is 0 Å². The van der Waals surface area contributed by atoms with E-state index in [1.165, 1.54) is 70.6 Å². The highest BCUT2D eigenvalue weighted by Gasteiger charge is 2.25. The number of rotatable bonds is 11. The third-order valence-corrected chi connectivity index (χ3v) is 4.76. The number of amides is 1. The van der Waals surface area contributed by atoms with E-state index < -0.39 is 0 Å². The van der Waals surface area contributed by atoms with Crippen molar-refractivity contribution in [2.24, 2.45) is 0 Å². The summed E-state index contributed by atoms with van der Waals surface area (Å²) < 4.78 is 0. The van der Waals surface area contributed by atoms with Gasteiger partial charge in [-0.1, -0.05) is 64.7 Å². The molecule has 3 nitrogen and oxygen atoms in total. The second-order valence-electron chi connectivity index (χ2n) is 6.80. The highest BCUT2D eigenvalue weighted by Crippen LogP contribution is 2.16. The summed E-state index contributed by atoms with van der Waals surface area (Å²) >= 11 is 0. The van der Waals surface area contributed by atoms with E-state index in [1.807, 2.05) is 0 Å². The van der Waals surface area contributed by atoms with Crippen LogP contribution in [-0.2, 0) is 4.79 Å². The van der Waals surface area contributed by atoms with E-state index in [-0.39, 0.29) is 18.3 Å². The predicted octanol–water partition coefficient (Wildman–Crippen LogP) is 0.581. The van der Waals surface area contributed by atoms with Crippen molar-refractivity contribution in [2.75, 3.05) is 0 Å². The van der Waals surface area contributed by atoms with E-state index in [1.54, 1.807) is 0 Å². The lowest BCUT2D eigenvalue weighted by Crippen LogP contribution is -3.00. The van der Waals surface area contributed by atoms with E-state index in [4.69, 9.17) is 0 Å². The molecule has 1 aliphatic carbocycles. The summed E-state index contributed by atoms with van der Waals surface area (Å²) in [5.41, 5.74) is 4.17. The molecule has 0 radical (unpaired) electrons. The summed E-state index contributed by atoms with van der Waals surface area (Å²) in [6.07, 6.45) is 17.3. The smallest absolute Gasteiger partial charge is 0.220 e. The molecule has 132 valence electrons. The highest BCUT2D eigenvalue weighted by atomic mass is 35.5. The molecule has 1 amide bonds. The highest BCUT2D eigenvalue weighted by molar-refractivity contribution is 5.76. The van der Waals surface area contributed by atoms with Gasteiger partial charge in [-0.2, -0.15) is 0 Å². The minimum absolute atomic E-state index is 0. The summed E-state index contributed by atoms with van der Waals surface area (Å²) in [5.74, 6) is 0.249. The second-order valence-corrected chi connectivity index (χ2v) is 6.80. The van der Waals surface area contributed by atoms with Crippen LogP contribution in [0.1, 0.15) is 96.8 Å². The maximum atomic E-state index is 11.9. The van der Waals surface area contributed by atoms with E-state index in [0.29, 0.717) is 18.5 Å². The molecule has 22 heavy (non-hydrogen) atoms. The number of nitrogens with one attached hydrogen (secondary N) is 1. The molecule has 0 saturated heterocycles. The van der Waals surface area contributed by atoms with Gasteiger partial charge in [0.05, 0.1) is 6.04 Å². The zero-order chi connectivity index (χ0) is 15.3. The summed E-state index contributed by atoms with van der Waals surface area (Å²) in [7, 11) is 0. The van der Waals surface area contributed by atoms with E-state index in [2.05, 4.69) is 18.0 Å². The minimum atomic E-state index is 0. The van der Waals surface area contributed by atoms with Gasteiger partial charge in [0.15, 0.2) is 0 Å². The fourth-order valence-corrected chi connectivity index (χ4v) is 3.27. The Hall–Kier alpha value is -0.280. The predicted molar refractivity (Wildman–Crippen MR) is 88.9 cm³/mol. The molecular formula is C18H37ClN2O. The first-order chi connectivity index (χ1) is 10.2. The zero-order valence-electron chi connectivity index (χ0n) is 14.5. The lowest BCUT2D eigenvalue weighted by atomic mass is 9.91. The Morgan fingerprint density at radius 3 is 2.09 bits per heavy atom. The molecular weight excluding hydrogens is 296 g/mol. The van der Waals surface area contributed by atoms with Crippen LogP contribution in [0.3, 0.4) is 0 Å². The van der Waals surface area contributed by atoms with Crippen LogP contribution < -0.4 is 23.5 Å². The molecule has 1 aliphatic rings. The molecule has 0 aliphatic heterocycles. The van der Waals surface area contributed by atoms with Gasteiger partial charge in [-0.3, -0.25) is 4.79 Å². The first kappa shape index (κ1) is 21.7. The Morgan fingerprint density at radius 1 is 0.955 bits per heavy atom. The van der Waals surface area contributed by atoms with Crippen molar-refractivity contribution >= 4 is 5.91 Å². The third kappa shape index (κ3) is 10.4. The Labute approximate surface area is 143 Å². The normalized spacial score (nSPS) is 21.2. The van der Waals surface area contributed by atoms with Gasteiger partial charge in [0.1, 0.15) is 6.04 Å². The van der Waals surface area contributed by atoms with Crippen LogP contribution in [0.25, 0.3) is 0 Å². The summed E-state index contributed by atoms with van der Waals surface area (Å²) in [6.45, 7) is 2.26. The van der Waals surface area contributed by atoms with Crippen molar-refractivity contribution in [3.63, 3.8) is 0 Å². The Balaban J connectivity index is 0.00000441. The van der Waals surface area contributed by atoms with Gasteiger partial charge in [0.2, 0.25) is 5.91 Å². The molecule has 0 aromatic rings. The zero-order valence-corrected chi connectivity index (χ0v) is 15.3. The largest absolute Gasteiger partial charge is 1.00 e. The van der Waals surface area contributed by atoms with Gasteiger partial charge in [-0.05, 0) is 19.3 Å². The molecule has 1 rings (SSSR count). The number of carbonyl (C=O) groups excluding carboxylic acids is 1. The maximum Gasteiger partial charge on any atom is 0.220 e. The number of unbranched alkanes of at least 4 members (excludes halogenated alkanes) is 8. The van der Waals surface area contributed by atoms with Crippen molar-refractivity contribution < 1.29 is 22.9 Å². The summed E-state index contributed by atoms with van der Waals surface area (Å²) in [5, 5.41) is 3.19. The lowest BCUT2D eigenvalue weighted by Gasteiger charge is -2.26. The van der Waals surface area contributed by atoms with E-state index >= 15 is 0 Å². The fourth-order valence-electron chi connectivity index (χ4n) is 3.27. The van der Waals surface area contributed by atoms with Gasteiger partial charge in [-0.15, -0.1) is 0 Å². The van der Waals surface area contributed by atoms with Crippen molar-refractivity contribution in [1.82, 2.24) is 5.32 Å². The molecule has 0 unspecified atom stereocenters. The molecule has 0 spiro atoms. The Bertz CT molecular complexity index is 274. The molecule has 4 heteroatoms. The van der Waals surface area contributed by atoms with Gasteiger partial charge in [-0.25, -0.2) is 0 Å². The lowest BCUT2D eigenvalue weighted by molar-refractivity contribution is -0.430. The van der Waals surface area contributed by atoms with Crippen molar-refractivity contribution in [3.05, 3.63) is 0 Å². The first-order valence-electron chi connectivity index (χ1n) is 9.36. The standard InChI is InChI=1S/C18H36N2O.ClH/c1-2-3-4-5-6-7-8-9-10-15-18(21)20-17-14-12-11-13-16(17)19;/h16-17H,2-15,19H2,1H3,(H,20,21);1H/t16-,17-;/m1./s1. The van der Waals surface area contributed by atoms with Gasteiger partial charge in [0.25, 0.3) is 0 Å². The van der Waals surface area contributed by atoms with Gasteiger partial charge in [0, 0.05) is 12.8 Å². The second kappa shape index (κ2) is 14.3. The van der Waals surface area contributed by atoms with E-state index in [0.717, 1.165) is 12.8 Å². The monoisotopic (exact) mass is 332 g/mol. The molecule has 0 aromatic heterocycles. The summed E-state index contributed by atoms with van der Waals surface area (Å²) in [4.78, 5) is 11.9. The van der Waals surface area contributed by atoms with Crippen LogP contribution in [0, 0.1) is 0 Å². The molecule has 0 bridgehead atoms. The Morgan fingerprint density at radius 2 is 1.50 bits per heavy atom. The number of halogens is 1. The van der Waals surface area contributed by atoms with Crippen molar-refractivity contribution in [3.8, 4) is 0 Å². The number of carbonyl (C=O) groups is 1. The third-order valence-electron chi connectivity index (χ3n) is 4.76. The molecule has 1 saturated carbocycles. The van der Waals surface area contributed by atoms with Crippen LogP contribution in [0.5, 0.6) is 0 Å². The maximum absolute atomic E-state index is 11.9.